The monoisotopic (exact) mass is 452 g/mol. The fourth-order valence-electron chi connectivity index (χ4n) is 4.12. The Balaban J connectivity index is 1.57. The van der Waals surface area contributed by atoms with Crippen molar-refractivity contribution in [3.05, 3.63) is 65.0 Å². The van der Waals surface area contributed by atoms with Gasteiger partial charge >= 0.3 is 6.03 Å². The number of hydrogen-bond acceptors (Lipinski definition) is 5. The molecule has 0 aromatic heterocycles. The standard InChI is InChI=1S/C25H25FN2O5/c1-2-32-22-14-16(10-11-21(22)33-15-17-6-5-7-18(26)12-17)13-20-23(29)27-25(31)28(24(20)30)19-8-3-4-9-19/h5-7,10-14,19H,2-4,8-9,15H2,1H3,(H,27,29,31)/b20-13+. The van der Waals surface area contributed by atoms with E-state index in [0.717, 1.165) is 25.7 Å². The summed E-state index contributed by atoms with van der Waals surface area (Å²) in [4.78, 5) is 38.8. The number of barbiturate groups is 1. The number of nitrogens with one attached hydrogen (secondary N) is 1. The smallest absolute Gasteiger partial charge is 0.331 e. The summed E-state index contributed by atoms with van der Waals surface area (Å²) in [5.41, 5.74) is 1.12. The van der Waals surface area contributed by atoms with Crippen LogP contribution in [0.4, 0.5) is 9.18 Å². The van der Waals surface area contributed by atoms with Gasteiger partial charge in [-0.15, -0.1) is 0 Å². The molecule has 1 N–H and O–H groups in total. The number of imide groups is 2. The third-order valence-electron chi connectivity index (χ3n) is 5.68. The summed E-state index contributed by atoms with van der Waals surface area (Å²) in [6.07, 6.45) is 4.83. The number of urea groups is 1. The first-order chi connectivity index (χ1) is 16.0. The molecule has 33 heavy (non-hydrogen) atoms. The molecule has 7 nitrogen and oxygen atoms in total. The Kier molecular flexibility index (Phi) is 6.72. The van der Waals surface area contributed by atoms with E-state index in [-0.39, 0.29) is 24.0 Å². The molecule has 4 amide bonds. The number of halogens is 1. The molecule has 0 bridgehead atoms. The SMILES string of the molecule is CCOc1cc(/C=C2\C(=O)NC(=O)N(C3CCCC3)C2=O)ccc1OCc1cccc(F)c1. The summed E-state index contributed by atoms with van der Waals surface area (Å²) in [6.45, 7) is 2.35. The van der Waals surface area contributed by atoms with Crippen LogP contribution in [0, 0.1) is 5.82 Å². The van der Waals surface area contributed by atoms with Gasteiger partial charge in [0.1, 0.15) is 18.0 Å². The van der Waals surface area contributed by atoms with Crippen LogP contribution < -0.4 is 14.8 Å². The van der Waals surface area contributed by atoms with Gasteiger partial charge in [0.2, 0.25) is 0 Å². The second kappa shape index (κ2) is 9.85. The number of hydrogen-bond donors (Lipinski definition) is 1. The number of benzene rings is 2. The van der Waals surface area contributed by atoms with Crippen molar-refractivity contribution in [2.24, 2.45) is 0 Å². The van der Waals surface area contributed by atoms with Crippen molar-refractivity contribution in [3.63, 3.8) is 0 Å². The average Bonchev–Trinajstić information content (AvgIpc) is 3.30. The van der Waals surface area contributed by atoms with E-state index in [2.05, 4.69) is 5.32 Å². The Morgan fingerprint density at radius 1 is 1.06 bits per heavy atom. The van der Waals surface area contributed by atoms with Crippen molar-refractivity contribution < 1.29 is 28.2 Å². The molecular weight excluding hydrogens is 427 g/mol. The topological polar surface area (TPSA) is 84.9 Å². The van der Waals surface area contributed by atoms with Gasteiger partial charge in [0.25, 0.3) is 11.8 Å². The molecule has 0 radical (unpaired) electrons. The van der Waals surface area contributed by atoms with E-state index in [4.69, 9.17) is 9.47 Å². The fourth-order valence-corrected chi connectivity index (χ4v) is 4.12. The van der Waals surface area contributed by atoms with Crippen molar-refractivity contribution >= 4 is 23.9 Å². The highest BCUT2D eigenvalue weighted by atomic mass is 19.1. The number of amides is 4. The maximum atomic E-state index is 13.4. The first-order valence-electron chi connectivity index (χ1n) is 11.0. The Labute approximate surface area is 191 Å². The van der Waals surface area contributed by atoms with Crippen molar-refractivity contribution in [2.45, 2.75) is 45.3 Å². The average molecular weight is 452 g/mol. The van der Waals surface area contributed by atoms with E-state index in [0.29, 0.717) is 29.2 Å². The minimum Gasteiger partial charge on any atom is -0.490 e. The predicted molar refractivity (Wildman–Crippen MR) is 119 cm³/mol. The number of carbonyl (C=O) groups is 3. The maximum absolute atomic E-state index is 13.4. The lowest BCUT2D eigenvalue weighted by molar-refractivity contribution is -0.131. The van der Waals surface area contributed by atoms with Crippen molar-refractivity contribution in [1.82, 2.24) is 10.2 Å². The predicted octanol–water partition coefficient (Wildman–Crippen LogP) is 4.21. The summed E-state index contributed by atoms with van der Waals surface area (Å²) in [5.74, 6) is -0.770. The van der Waals surface area contributed by atoms with Crippen molar-refractivity contribution in [3.8, 4) is 11.5 Å². The van der Waals surface area contributed by atoms with Crippen LogP contribution in [0.3, 0.4) is 0 Å². The molecule has 2 fully saturated rings. The van der Waals surface area contributed by atoms with Gasteiger partial charge in [0.15, 0.2) is 11.5 Å². The van der Waals surface area contributed by atoms with Crippen molar-refractivity contribution in [2.75, 3.05) is 6.61 Å². The van der Waals surface area contributed by atoms with Gasteiger partial charge < -0.3 is 9.47 Å². The van der Waals surface area contributed by atoms with Crippen LogP contribution in [0.1, 0.15) is 43.7 Å². The highest BCUT2D eigenvalue weighted by Crippen LogP contribution is 2.31. The fraction of sp³-hybridized carbons (Fsp3) is 0.320. The normalized spacial score (nSPS) is 18.1. The highest BCUT2D eigenvalue weighted by Gasteiger charge is 2.40. The molecule has 1 aliphatic heterocycles. The third-order valence-corrected chi connectivity index (χ3v) is 5.68. The molecule has 1 saturated heterocycles. The Morgan fingerprint density at radius 2 is 1.85 bits per heavy atom. The molecule has 0 spiro atoms. The first-order valence-corrected chi connectivity index (χ1v) is 11.0. The molecule has 1 saturated carbocycles. The number of carbonyl (C=O) groups excluding carboxylic acids is 3. The zero-order valence-electron chi connectivity index (χ0n) is 18.3. The third kappa shape index (κ3) is 5.05. The molecule has 1 heterocycles. The zero-order chi connectivity index (χ0) is 23.4. The van der Waals surface area contributed by atoms with Crippen LogP contribution in [0.15, 0.2) is 48.0 Å². The molecule has 172 valence electrons. The minimum absolute atomic E-state index is 0.0997. The van der Waals surface area contributed by atoms with E-state index < -0.39 is 17.8 Å². The van der Waals surface area contributed by atoms with Gasteiger partial charge in [-0.1, -0.05) is 31.0 Å². The van der Waals surface area contributed by atoms with E-state index in [1.165, 1.54) is 23.1 Å². The van der Waals surface area contributed by atoms with Crippen LogP contribution in [0.5, 0.6) is 11.5 Å². The Morgan fingerprint density at radius 3 is 2.58 bits per heavy atom. The number of ether oxygens (including phenoxy) is 2. The van der Waals surface area contributed by atoms with E-state index in [9.17, 15) is 18.8 Å². The second-order valence-electron chi connectivity index (χ2n) is 7.99. The summed E-state index contributed by atoms with van der Waals surface area (Å²) in [5, 5.41) is 2.27. The molecule has 2 aliphatic rings. The van der Waals surface area contributed by atoms with Crippen LogP contribution >= 0.6 is 0 Å². The van der Waals surface area contributed by atoms with E-state index in [1.54, 1.807) is 30.3 Å². The quantitative estimate of drug-likeness (QED) is 0.503. The van der Waals surface area contributed by atoms with Crippen LogP contribution in [0.2, 0.25) is 0 Å². The van der Waals surface area contributed by atoms with Gasteiger partial charge in [0.05, 0.1) is 6.61 Å². The lowest BCUT2D eigenvalue weighted by atomic mass is 10.0. The lowest BCUT2D eigenvalue weighted by Crippen LogP contribution is -2.57. The summed E-state index contributed by atoms with van der Waals surface area (Å²) in [7, 11) is 0. The number of nitrogens with zero attached hydrogens (tertiary/aromatic N) is 1. The zero-order valence-corrected chi connectivity index (χ0v) is 18.3. The molecule has 4 rings (SSSR count). The van der Waals surface area contributed by atoms with Gasteiger partial charge in [-0.25, -0.2) is 9.18 Å². The molecule has 2 aromatic carbocycles. The Hall–Kier alpha value is -3.68. The van der Waals surface area contributed by atoms with Crippen LogP contribution in [-0.2, 0) is 16.2 Å². The largest absolute Gasteiger partial charge is 0.490 e. The van der Waals surface area contributed by atoms with Crippen LogP contribution in [-0.4, -0.2) is 35.4 Å². The second-order valence-corrected chi connectivity index (χ2v) is 7.99. The maximum Gasteiger partial charge on any atom is 0.331 e. The van der Waals surface area contributed by atoms with Gasteiger partial charge in [-0.05, 0) is 61.2 Å². The Bertz CT molecular complexity index is 1110. The van der Waals surface area contributed by atoms with E-state index >= 15 is 0 Å². The minimum atomic E-state index is -0.719. The highest BCUT2D eigenvalue weighted by molar-refractivity contribution is 6.31. The summed E-state index contributed by atoms with van der Waals surface area (Å²) < 4.78 is 24.9. The van der Waals surface area contributed by atoms with Crippen LogP contribution in [0.25, 0.3) is 6.08 Å². The molecule has 8 heteroatoms. The van der Waals surface area contributed by atoms with Gasteiger partial charge in [0, 0.05) is 6.04 Å². The summed E-state index contributed by atoms with van der Waals surface area (Å²) in [6, 6.07) is 10.3. The number of rotatable bonds is 7. The van der Waals surface area contributed by atoms with Crippen molar-refractivity contribution in [1.29, 1.82) is 0 Å². The molecule has 1 aliphatic carbocycles. The first kappa shape index (κ1) is 22.5. The van der Waals surface area contributed by atoms with Gasteiger partial charge in [-0.2, -0.15) is 0 Å². The molecule has 0 unspecified atom stereocenters. The summed E-state index contributed by atoms with van der Waals surface area (Å²) >= 11 is 0. The van der Waals surface area contributed by atoms with E-state index in [1.807, 2.05) is 6.92 Å². The molecule has 2 aromatic rings. The molecule has 0 atom stereocenters. The lowest BCUT2D eigenvalue weighted by Gasteiger charge is -2.31. The molecular formula is C25H25FN2O5. The van der Waals surface area contributed by atoms with Gasteiger partial charge in [-0.3, -0.25) is 19.8 Å².